The molecule has 0 fully saturated rings. The largest absolute Gasteiger partial charge is 0.383 e. The molecule has 0 aliphatic rings. The van der Waals surface area contributed by atoms with E-state index in [4.69, 9.17) is 10.5 Å². The number of nitrogens with two attached hydrogens (primary N) is 1. The number of methoxy groups -OCH3 is 1. The van der Waals surface area contributed by atoms with Crippen LogP contribution in [0.5, 0.6) is 0 Å². The van der Waals surface area contributed by atoms with E-state index in [1.807, 2.05) is 20.8 Å². The molecule has 5 nitrogen and oxygen atoms in total. The number of guanidine groups is 1. The van der Waals surface area contributed by atoms with Gasteiger partial charge in [0, 0.05) is 18.0 Å². The fourth-order valence-electron chi connectivity index (χ4n) is 1.47. The fourth-order valence-corrected chi connectivity index (χ4v) is 2.33. The summed E-state index contributed by atoms with van der Waals surface area (Å²) < 4.78 is 5.01. The van der Waals surface area contributed by atoms with Gasteiger partial charge in [-0.3, -0.25) is 0 Å². The van der Waals surface area contributed by atoms with Gasteiger partial charge in [0.25, 0.3) is 0 Å². The van der Waals surface area contributed by atoms with Crippen LogP contribution in [0.4, 0.5) is 0 Å². The van der Waals surface area contributed by atoms with Crippen molar-refractivity contribution in [2.75, 3.05) is 13.7 Å². The fraction of sp³-hybridized carbons (Fsp3) is 0.636. The lowest BCUT2D eigenvalue weighted by atomic mass is 10.4. The average Bonchev–Trinajstić information content (AvgIpc) is 2.54. The molecule has 0 spiro atoms. The summed E-state index contributed by atoms with van der Waals surface area (Å²) in [5.74, 6) is 0.444. The Bertz CT molecular complexity index is 394. The number of ether oxygens (including phenoxy) is 1. The van der Waals surface area contributed by atoms with Gasteiger partial charge in [0.2, 0.25) is 0 Å². The summed E-state index contributed by atoms with van der Waals surface area (Å²) >= 11 is 1.66. The number of hydrogen-bond acceptors (Lipinski definition) is 4. The third-order valence-corrected chi connectivity index (χ3v) is 3.26. The van der Waals surface area contributed by atoms with E-state index in [9.17, 15) is 0 Å². The highest BCUT2D eigenvalue weighted by molar-refractivity contribution is 14.0. The SMILES string of the molecule is COCC(C)NC(N)=NCc1sc(C)nc1C.I. The Morgan fingerprint density at radius 1 is 1.56 bits per heavy atom. The van der Waals surface area contributed by atoms with Gasteiger partial charge < -0.3 is 15.8 Å². The van der Waals surface area contributed by atoms with Gasteiger partial charge in [-0.05, 0) is 20.8 Å². The van der Waals surface area contributed by atoms with E-state index in [1.54, 1.807) is 18.4 Å². The third-order valence-electron chi connectivity index (χ3n) is 2.20. The van der Waals surface area contributed by atoms with Crippen molar-refractivity contribution in [2.24, 2.45) is 10.7 Å². The lowest BCUT2D eigenvalue weighted by Gasteiger charge is -2.12. The molecule has 1 aromatic rings. The van der Waals surface area contributed by atoms with Crippen molar-refractivity contribution in [1.82, 2.24) is 10.3 Å². The Morgan fingerprint density at radius 3 is 2.72 bits per heavy atom. The van der Waals surface area contributed by atoms with Crippen LogP contribution < -0.4 is 11.1 Å². The zero-order valence-corrected chi connectivity index (χ0v) is 14.3. The quantitative estimate of drug-likeness (QED) is 0.462. The Labute approximate surface area is 129 Å². The molecule has 0 saturated heterocycles. The van der Waals surface area contributed by atoms with E-state index in [2.05, 4.69) is 15.3 Å². The molecule has 0 aliphatic heterocycles. The lowest BCUT2D eigenvalue weighted by Crippen LogP contribution is -2.40. The van der Waals surface area contributed by atoms with Crippen molar-refractivity contribution in [1.29, 1.82) is 0 Å². The maximum atomic E-state index is 5.78. The minimum Gasteiger partial charge on any atom is -0.383 e. The number of thiazole rings is 1. The molecule has 0 amide bonds. The van der Waals surface area contributed by atoms with Gasteiger partial charge in [-0.25, -0.2) is 9.98 Å². The predicted octanol–water partition coefficient (Wildman–Crippen LogP) is 1.82. The van der Waals surface area contributed by atoms with Gasteiger partial charge in [0.1, 0.15) is 0 Å². The molecule has 0 saturated carbocycles. The van der Waals surface area contributed by atoms with Gasteiger partial charge in [0.05, 0.1) is 23.9 Å². The van der Waals surface area contributed by atoms with Crippen molar-refractivity contribution in [2.45, 2.75) is 33.4 Å². The lowest BCUT2D eigenvalue weighted by molar-refractivity contribution is 0.179. The highest BCUT2D eigenvalue weighted by Crippen LogP contribution is 2.17. The van der Waals surface area contributed by atoms with Gasteiger partial charge in [-0.1, -0.05) is 0 Å². The molecule has 0 aliphatic carbocycles. The number of halogens is 1. The number of aromatic nitrogens is 1. The van der Waals surface area contributed by atoms with Crippen LogP contribution in [0, 0.1) is 13.8 Å². The van der Waals surface area contributed by atoms with Crippen molar-refractivity contribution in [3.05, 3.63) is 15.6 Å². The average molecular weight is 384 g/mol. The van der Waals surface area contributed by atoms with E-state index >= 15 is 0 Å². The first kappa shape index (κ1) is 17.6. The van der Waals surface area contributed by atoms with Crippen LogP contribution in [0.1, 0.15) is 22.5 Å². The Hall–Kier alpha value is -0.410. The summed E-state index contributed by atoms with van der Waals surface area (Å²) in [6.07, 6.45) is 0. The van der Waals surface area contributed by atoms with Crippen molar-refractivity contribution in [3.8, 4) is 0 Å². The van der Waals surface area contributed by atoms with Crippen molar-refractivity contribution < 1.29 is 4.74 Å². The van der Waals surface area contributed by atoms with Crippen LogP contribution in [-0.2, 0) is 11.3 Å². The summed E-state index contributed by atoms with van der Waals surface area (Å²) in [4.78, 5) is 9.80. The van der Waals surface area contributed by atoms with Gasteiger partial charge >= 0.3 is 0 Å². The molecule has 0 bridgehead atoms. The number of aliphatic imine (C=N–C) groups is 1. The first-order chi connectivity index (χ1) is 8.02. The van der Waals surface area contributed by atoms with Gasteiger partial charge in [-0.15, -0.1) is 35.3 Å². The molecule has 1 aromatic heterocycles. The Balaban J connectivity index is 0.00000289. The maximum absolute atomic E-state index is 5.78. The number of hydrogen-bond donors (Lipinski definition) is 2. The summed E-state index contributed by atoms with van der Waals surface area (Å²) in [6, 6.07) is 0.160. The molecule has 1 atom stereocenters. The summed E-state index contributed by atoms with van der Waals surface area (Å²) in [5.41, 5.74) is 6.81. The second-order valence-corrected chi connectivity index (χ2v) is 5.23. The molecule has 18 heavy (non-hydrogen) atoms. The van der Waals surface area contributed by atoms with Crippen molar-refractivity contribution in [3.63, 3.8) is 0 Å². The highest BCUT2D eigenvalue weighted by atomic mass is 127. The van der Waals surface area contributed by atoms with E-state index in [-0.39, 0.29) is 30.0 Å². The Kier molecular flexibility index (Phi) is 8.45. The van der Waals surface area contributed by atoms with Gasteiger partial charge in [0.15, 0.2) is 5.96 Å². The molecule has 3 N–H and O–H groups in total. The van der Waals surface area contributed by atoms with E-state index in [1.165, 1.54) is 0 Å². The topological polar surface area (TPSA) is 72.5 Å². The van der Waals surface area contributed by atoms with E-state index < -0.39 is 0 Å². The molecule has 104 valence electrons. The summed E-state index contributed by atoms with van der Waals surface area (Å²) in [5, 5.41) is 4.13. The first-order valence-electron chi connectivity index (χ1n) is 5.51. The van der Waals surface area contributed by atoms with Crippen molar-refractivity contribution >= 4 is 41.3 Å². The minimum absolute atomic E-state index is 0. The summed E-state index contributed by atoms with van der Waals surface area (Å²) in [6.45, 7) is 7.16. The normalized spacial score (nSPS) is 13.0. The molecule has 0 aromatic carbocycles. The predicted molar refractivity (Wildman–Crippen MR) is 86.8 cm³/mol. The van der Waals surface area contributed by atoms with Crippen LogP contribution in [-0.4, -0.2) is 30.7 Å². The molecule has 0 radical (unpaired) electrons. The van der Waals surface area contributed by atoms with Crippen LogP contribution in [0.15, 0.2) is 4.99 Å². The highest BCUT2D eigenvalue weighted by Gasteiger charge is 2.05. The first-order valence-corrected chi connectivity index (χ1v) is 6.33. The molecular weight excluding hydrogens is 363 g/mol. The number of aryl methyl sites for hydroxylation is 2. The Morgan fingerprint density at radius 2 is 2.22 bits per heavy atom. The molecule has 1 rings (SSSR count). The van der Waals surface area contributed by atoms with Crippen LogP contribution in [0.3, 0.4) is 0 Å². The zero-order valence-electron chi connectivity index (χ0n) is 11.2. The zero-order chi connectivity index (χ0) is 12.8. The molecule has 1 unspecified atom stereocenters. The van der Waals surface area contributed by atoms with Crippen LogP contribution in [0.25, 0.3) is 0 Å². The summed E-state index contributed by atoms with van der Waals surface area (Å²) in [7, 11) is 1.66. The van der Waals surface area contributed by atoms with Crippen LogP contribution >= 0.6 is 35.3 Å². The van der Waals surface area contributed by atoms with E-state index in [0.717, 1.165) is 15.6 Å². The maximum Gasteiger partial charge on any atom is 0.189 e. The monoisotopic (exact) mass is 384 g/mol. The number of nitrogens with zero attached hydrogens (tertiary/aromatic N) is 2. The molecular formula is C11H21IN4OS. The van der Waals surface area contributed by atoms with E-state index in [0.29, 0.717) is 19.1 Å². The second-order valence-electron chi connectivity index (χ2n) is 3.94. The second kappa shape index (κ2) is 8.65. The standard InChI is InChI=1S/C11H20N4OS.HI/c1-7(6-16-4)14-11(12)13-5-10-8(2)15-9(3)17-10;/h7H,5-6H2,1-4H3,(H3,12,13,14);1H. The van der Waals surface area contributed by atoms with Gasteiger partial charge in [-0.2, -0.15) is 0 Å². The molecule has 7 heteroatoms. The van der Waals surface area contributed by atoms with Crippen LogP contribution in [0.2, 0.25) is 0 Å². The number of rotatable bonds is 5. The third kappa shape index (κ3) is 5.96. The smallest absolute Gasteiger partial charge is 0.189 e. The number of nitrogens with one attached hydrogen (secondary N) is 1. The minimum atomic E-state index is 0. The molecule has 1 heterocycles.